The molecule has 3 heterocycles. The minimum atomic E-state index is -0.289. The number of nitrogens with zero attached hydrogens (tertiary/aromatic N) is 3. The number of hydrogen-bond acceptors (Lipinski definition) is 6. The number of nitrogens with one attached hydrogen (secondary N) is 2. The highest BCUT2D eigenvalue weighted by atomic mass is 35.5. The maximum absolute atomic E-state index is 13.2. The Kier molecular flexibility index (Phi) is 6.59. The predicted octanol–water partition coefficient (Wildman–Crippen LogP) is 6.79. The Bertz CT molecular complexity index is 1850. The molecule has 6 nitrogen and oxygen atoms in total. The topological polar surface area (TPSA) is 83.6 Å². The Morgan fingerprint density at radius 2 is 1.66 bits per heavy atom. The van der Waals surface area contributed by atoms with Gasteiger partial charge >= 0.3 is 0 Å². The van der Waals surface area contributed by atoms with Crippen LogP contribution < -0.4 is 10.2 Å². The quantitative estimate of drug-likeness (QED) is 0.227. The van der Waals surface area contributed by atoms with Gasteiger partial charge in [0.1, 0.15) is 5.82 Å². The number of aromatic nitrogens is 4. The summed E-state index contributed by atoms with van der Waals surface area (Å²) in [7, 11) is 0. The summed E-state index contributed by atoms with van der Waals surface area (Å²) in [5.41, 5.74) is 4.50. The zero-order valence-corrected chi connectivity index (χ0v) is 21.4. The van der Waals surface area contributed by atoms with Gasteiger partial charge in [0.05, 0.1) is 21.9 Å². The van der Waals surface area contributed by atoms with Gasteiger partial charge in [-0.1, -0.05) is 48.0 Å². The number of pyridine rings is 2. The number of hydrogen-bond donors (Lipinski definition) is 2. The number of benzene rings is 3. The first kappa shape index (κ1) is 24.2. The second kappa shape index (κ2) is 10.3. The molecular formula is C29H19ClFN5OS. The molecule has 6 aromatic rings. The monoisotopic (exact) mass is 539 g/mol. The van der Waals surface area contributed by atoms with E-state index in [0.29, 0.717) is 39.8 Å². The minimum absolute atomic E-state index is 0.233. The fraction of sp³-hybridized carbons (Fsp3) is 0.0345. The van der Waals surface area contributed by atoms with Gasteiger partial charge in [0.15, 0.2) is 11.2 Å². The summed E-state index contributed by atoms with van der Waals surface area (Å²) in [4.78, 5) is 31.3. The minimum Gasteiger partial charge on any atom is -0.340 e. The van der Waals surface area contributed by atoms with Crippen LogP contribution in [-0.2, 0) is 6.54 Å². The van der Waals surface area contributed by atoms with E-state index < -0.39 is 0 Å². The molecule has 0 spiro atoms. The van der Waals surface area contributed by atoms with Crippen molar-refractivity contribution in [3.05, 3.63) is 118 Å². The second-order valence-corrected chi connectivity index (χ2v) is 9.92. The number of H-pyrrole nitrogens is 1. The summed E-state index contributed by atoms with van der Waals surface area (Å²) < 4.78 is 16.3. The smallest absolute Gasteiger partial charge is 0.209 e. The molecule has 0 amide bonds. The van der Waals surface area contributed by atoms with Crippen LogP contribution in [0.15, 0.2) is 101 Å². The Balaban J connectivity index is 1.43. The maximum Gasteiger partial charge on any atom is 0.209 e. The van der Waals surface area contributed by atoms with E-state index in [9.17, 15) is 9.18 Å². The molecule has 0 aliphatic carbocycles. The van der Waals surface area contributed by atoms with Gasteiger partial charge in [-0.05, 0) is 54.4 Å². The number of aromatic amines is 1. The maximum atomic E-state index is 13.2. The molecule has 0 saturated heterocycles. The number of halogens is 2. The Hall–Kier alpha value is -4.11. The van der Waals surface area contributed by atoms with E-state index in [1.807, 2.05) is 48.5 Å². The van der Waals surface area contributed by atoms with E-state index in [4.69, 9.17) is 21.6 Å². The van der Waals surface area contributed by atoms with Crippen molar-refractivity contribution < 1.29 is 4.39 Å². The molecule has 0 saturated carbocycles. The van der Waals surface area contributed by atoms with Crippen molar-refractivity contribution in [2.24, 2.45) is 0 Å². The Labute approximate surface area is 226 Å². The van der Waals surface area contributed by atoms with Crippen LogP contribution in [0.1, 0.15) is 5.69 Å². The summed E-state index contributed by atoms with van der Waals surface area (Å²) >= 11 is 7.92. The van der Waals surface area contributed by atoms with E-state index in [0.717, 1.165) is 21.4 Å². The average Bonchev–Trinajstić information content (AvgIpc) is 2.94. The molecule has 3 aromatic heterocycles. The zero-order chi connectivity index (χ0) is 26.1. The summed E-state index contributed by atoms with van der Waals surface area (Å²) in [5, 5.41) is 1.36. The van der Waals surface area contributed by atoms with Crippen LogP contribution in [-0.4, -0.2) is 19.9 Å². The van der Waals surface area contributed by atoms with Crippen molar-refractivity contribution in [2.75, 3.05) is 0 Å². The first-order chi connectivity index (χ1) is 18.5. The van der Waals surface area contributed by atoms with Crippen LogP contribution in [0.3, 0.4) is 0 Å². The van der Waals surface area contributed by atoms with Crippen molar-refractivity contribution >= 4 is 45.6 Å². The molecule has 9 heteroatoms. The predicted molar refractivity (Wildman–Crippen MR) is 150 cm³/mol. The lowest BCUT2D eigenvalue weighted by Gasteiger charge is -2.12. The fourth-order valence-corrected chi connectivity index (χ4v) is 5.13. The van der Waals surface area contributed by atoms with E-state index in [1.54, 1.807) is 24.4 Å². The third kappa shape index (κ3) is 4.89. The first-order valence-corrected chi connectivity index (χ1v) is 12.9. The highest BCUT2D eigenvalue weighted by Crippen LogP contribution is 2.34. The van der Waals surface area contributed by atoms with Crippen molar-refractivity contribution in [3.63, 3.8) is 0 Å². The van der Waals surface area contributed by atoms with Crippen LogP contribution >= 0.6 is 23.5 Å². The van der Waals surface area contributed by atoms with Gasteiger partial charge in [0.2, 0.25) is 5.43 Å². The zero-order valence-electron chi connectivity index (χ0n) is 19.8. The van der Waals surface area contributed by atoms with E-state index in [1.165, 1.54) is 30.1 Å². The lowest BCUT2D eigenvalue weighted by atomic mass is 10.0. The van der Waals surface area contributed by atoms with Crippen LogP contribution in [0.5, 0.6) is 0 Å². The van der Waals surface area contributed by atoms with E-state index >= 15 is 0 Å². The molecule has 3 aromatic carbocycles. The average molecular weight is 540 g/mol. The third-order valence-corrected chi connectivity index (χ3v) is 7.04. The molecule has 2 N–H and O–H groups in total. The van der Waals surface area contributed by atoms with Crippen LogP contribution in [0.25, 0.3) is 44.6 Å². The normalized spacial score (nSPS) is 11.3. The van der Waals surface area contributed by atoms with Gasteiger partial charge in [0.25, 0.3) is 0 Å². The van der Waals surface area contributed by atoms with Crippen molar-refractivity contribution in [2.45, 2.75) is 11.4 Å². The Morgan fingerprint density at radius 3 is 2.47 bits per heavy atom. The molecule has 6 rings (SSSR count). The molecule has 0 unspecified atom stereocenters. The molecule has 0 radical (unpaired) electrons. The van der Waals surface area contributed by atoms with Crippen LogP contribution in [0.4, 0.5) is 4.39 Å². The molecule has 0 bridgehead atoms. The van der Waals surface area contributed by atoms with Gasteiger partial charge in [-0.3, -0.25) is 14.5 Å². The van der Waals surface area contributed by atoms with Crippen molar-refractivity contribution in [1.29, 1.82) is 0 Å². The highest BCUT2D eigenvalue weighted by Gasteiger charge is 2.17. The van der Waals surface area contributed by atoms with Gasteiger partial charge in [-0.2, -0.15) is 0 Å². The molecule has 0 aliphatic heterocycles. The molecule has 0 atom stereocenters. The van der Waals surface area contributed by atoms with E-state index in [2.05, 4.69) is 14.7 Å². The Morgan fingerprint density at radius 1 is 0.868 bits per heavy atom. The molecule has 186 valence electrons. The van der Waals surface area contributed by atoms with Gasteiger partial charge < -0.3 is 4.98 Å². The van der Waals surface area contributed by atoms with E-state index in [-0.39, 0.29) is 16.8 Å². The van der Waals surface area contributed by atoms with Crippen LogP contribution in [0.2, 0.25) is 5.02 Å². The largest absolute Gasteiger partial charge is 0.340 e. The van der Waals surface area contributed by atoms with Crippen LogP contribution in [0, 0.1) is 5.82 Å². The SMILES string of the molecule is O=c1cc(CNSc2ccc(F)cc2)[nH]c2nc(-c3ccccc3)c(-c3cc(Cl)c4ncccc4c3)nc12. The first-order valence-electron chi connectivity index (χ1n) is 11.7. The molecule has 38 heavy (non-hydrogen) atoms. The van der Waals surface area contributed by atoms with Crippen molar-refractivity contribution in [3.8, 4) is 22.5 Å². The second-order valence-electron chi connectivity index (χ2n) is 8.55. The molecule has 0 aliphatic rings. The lowest BCUT2D eigenvalue weighted by Crippen LogP contribution is -2.13. The lowest BCUT2D eigenvalue weighted by molar-refractivity contribution is 0.626. The number of fused-ring (bicyclic) bond motifs is 2. The summed E-state index contributed by atoms with van der Waals surface area (Å²) in [6, 6.07) is 24.9. The number of rotatable bonds is 6. The summed E-state index contributed by atoms with van der Waals surface area (Å²) in [5.74, 6) is -0.289. The fourth-order valence-electron chi connectivity index (χ4n) is 4.19. The van der Waals surface area contributed by atoms with Gasteiger partial charge in [0, 0.05) is 45.9 Å². The third-order valence-electron chi connectivity index (χ3n) is 5.96. The summed E-state index contributed by atoms with van der Waals surface area (Å²) in [6.07, 6.45) is 1.70. The van der Waals surface area contributed by atoms with Gasteiger partial charge in [-0.25, -0.2) is 14.4 Å². The standard InChI is InChI=1S/C29H19ClFN5OS/c30-23-14-19(13-18-7-4-12-32-25(18)23)27-26(17-5-2-1-3-6-17)36-29-28(35-27)24(37)15-21(34-29)16-33-38-22-10-8-20(31)9-11-22/h1-15,33H,16H2,(H,34,36,37). The highest BCUT2D eigenvalue weighted by molar-refractivity contribution is 7.97. The van der Waals surface area contributed by atoms with Gasteiger partial charge in [-0.15, -0.1) is 0 Å². The van der Waals surface area contributed by atoms with Crippen molar-refractivity contribution in [1.82, 2.24) is 24.7 Å². The summed E-state index contributed by atoms with van der Waals surface area (Å²) in [6.45, 7) is 0.366. The molecular weight excluding hydrogens is 521 g/mol. The molecule has 0 fully saturated rings.